The van der Waals surface area contributed by atoms with Crippen molar-refractivity contribution in [2.24, 2.45) is 0 Å². The lowest BCUT2D eigenvalue weighted by Crippen LogP contribution is -2.32. The molecular weight excluding hydrogens is 400 g/mol. The number of amides is 1. The van der Waals surface area contributed by atoms with E-state index >= 15 is 0 Å². The van der Waals surface area contributed by atoms with Gasteiger partial charge in [-0.05, 0) is 62.2 Å². The highest BCUT2D eigenvalue weighted by Crippen LogP contribution is 2.18. The Morgan fingerprint density at radius 3 is 2.25 bits per heavy atom. The van der Waals surface area contributed by atoms with Crippen LogP contribution in [0.2, 0.25) is 5.02 Å². The number of nitrogens with one attached hydrogen (secondary N) is 2. The summed E-state index contributed by atoms with van der Waals surface area (Å²) in [7, 11) is -3.56. The largest absolute Gasteiger partial charge is 0.484 e. The van der Waals surface area contributed by atoms with Gasteiger partial charge in [-0.2, -0.15) is 0 Å². The summed E-state index contributed by atoms with van der Waals surface area (Å²) < 4.78 is 32.5. The van der Waals surface area contributed by atoms with Crippen molar-refractivity contribution in [3.8, 4) is 5.75 Å². The molecule has 2 aromatic rings. The first-order chi connectivity index (χ1) is 13.2. The van der Waals surface area contributed by atoms with Gasteiger partial charge in [0.25, 0.3) is 5.91 Å². The number of halogens is 1. The number of benzene rings is 2. The van der Waals surface area contributed by atoms with Crippen LogP contribution in [0.1, 0.15) is 38.8 Å². The lowest BCUT2D eigenvalue weighted by Gasteiger charge is -2.15. The SMILES string of the molecule is CCC(C)NS(=O)(=O)c1ccc(OCC(=O)NC(C)c2ccc(Cl)cc2)cc1. The Kier molecular flexibility index (Phi) is 7.86. The highest BCUT2D eigenvalue weighted by molar-refractivity contribution is 7.89. The van der Waals surface area contributed by atoms with Gasteiger partial charge in [0.2, 0.25) is 10.0 Å². The van der Waals surface area contributed by atoms with Crippen LogP contribution in [0.25, 0.3) is 0 Å². The summed E-state index contributed by atoms with van der Waals surface area (Å²) in [6.45, 7) is 5.40. The fourth-order valence-electron chi connectivity index (χ4n) is 2.40. The second kappa shape index (κ2) is 9.91. The van der Waals surface area contributed by atoms with Gasteiger partial charge in [0.05, 0.1) is 10.9 Å². The first-order valence-corrected chi connectivity index (χ1v) is 10.9. The molecule has 2 aromatic carbocycles. The Morgan fingerprint density at radius 2 is 1.68 bits per heavy atom. The van der Waals surface area contributed by atoms with Crippen LogP contribution in [-0.4, -0.2) is 27.0 Å². The zero-order valence-corrected chi connectivity index (χ0v) is 17.7. The highest BCUT2D eigenvalue weighted by atomic mass is 35.5. The first-order valence-electron chi connectivity index (χ1n) is 9.01. The molecule has 2 unspecified atom stereocenters. The molecule has 0 radical (unpaired) electrons. The van der Waals surface area contributed by atoms with Crippen molar-refractivity contribution in [1.29, 1.82) is 0 Å². The maximum absolute atomic E-state index is 12.2. The molecule has 0 aliphatic rings. The standard InChI is InChI=1S/C20H25ClN2O4S/c1-4-14(2)23-28(25,26)19-11-9-18(10-12-19)27-13-20(24)22-15(3)16-5-7-17(21)8-6-16/h5-12,14-15,23H,4,13H2,1-3H3,(H,22,24). The molecule has 0 spiro atoms. The smallest absolute Gasteiger partial charge is 0.258 e. The molecule has 8 heteroatoms. The number of ether oxygens (including phenoxy) is 1. The van der Waals surface area contributed by atoms with Crippen LogP contribution in [0.4, 0.5) is 0 Å². The average molecular weight is 425 g/mol. The van der Waals surface area contributed by atoms with Crippen molar-refractivity contribution in [1.82, 2.24) is 10.0 Å². The Hall–Kier alpha value is -2.09. The van der Waals surface area contributed by atoms with Gasteiger partial charge in [-0.15, -0.1) is 0 Å². The molecule has 6 nitrogen and oxygen atoms in total. The second-order valence-corrected chi connectivity index (χ2v) is 8.68. The predicted octanol–water partition coefficient (Wildman–Crippen LogP) is 3.67. The third-order valence-electron chi connectivity index (χ3n) is 4.22. The van der Waals surface area contributed by atoms with Gasteiger partial charge < -0.3 is 10.1 Å². The van der Waals surface area contributed by atoms with Crippen LogP contribution in [-0.2, 0) is 14.8 Å². The summed E-state index contributed by atoms with van der Waals surface area (Å²) in [4.78, 5) is 12.2. The highest BCUT2D eigenvalue weighted by Gasteiger charge is 2.16. The van der Waals surface area contributed by atoms with Crippen molar-refractivity contribution in [3.63, 3.8) is 0 Å². The van der Waals surface area contributed by atoms with E-state index in [-0.39, 0.29) is 29.5 Å². The van der Waals surface area contributed by atoms with E-state index in [0.717, 1.165) is 5.56 Å². The van der Waals surface area contributed by atoms with Crippen LogP contribution >= 0.6 is 11.6 Å². The molecule has 2 atom stereocenters. The first kappa shape index (κ1) is 22.2. The fourth-order valence-corrected chi connectivity index (χ4v) is 3.85. The van der Waals surface area contributed by atoms with Crippen molar-refractivity contribution in [2.75, 3.05) is 6.61 Å². The third kappa shape index (κ3) is 6.51. The minimum atomic E-state index is -3.56. The van der Waals surface area contributed by atoms with Gasteiger partial charge in [0, 0.05) is 11.1 Å². The maximum atomic E-state index is 12.2. The molecule has 0 aliphatic carbocycles. The van der Waals surface area contributed by atoms with Gasteiger partial charge in [0.1, 0.15) is 5.75 Å². The molecule has 0 bridgehead atoms. The molecule has 0 saturated carbocycles. The number of hydrogen-bond donors (Lipinski definition) is 2. The summed E-state index contributed by atoms with van der Waals surface area (Å²) in [5.74, 6) is 0.134. The van der Waals surface area contributed by atoms with Crippen molar-refractivity contribution < 1.29 is 17.9 Å². The second-order valence-electron chi connectivity index (χ2n) is 6.53. The monoisotopic (exact) mass is 424 g/mol. The van der Waals surface area contributed by atoms with Gasteiger partial charge in [0.15, 0.2) is 6.61 Å². The Balaban J connectivity index is 1.88. The number of carbonyl (C=O) groups is 1. The van der Waals surface area contributed by atoms with Crippen molar-refractivity contribution in [3.05, 3.63) is 59.1 Å². The van der Waals surface area contributed by atoms with E-state index in [2.05, 4.69) is 10.0 Å². The van der Waals surface area contributed by atoms with E-state index in [1.807, 2.05) is 26.0 Å². The number of carbonyl (C=O) groups excluding carboxylic acids is 1. The van der Waals surface area contributed by atoms with Gasteiger partial charge in [-0.1, -0.05) is 30.7 Å². The average Bonchev–Trinajstić information content (AvgIpc) is 2.66. The Morgan fingerprint density at radius 1 is 1.07 bits per heavy atom. The summed E-state index contributed by atoms with van der Waals surface area (Å²) in [5.41, 5.74) is 0.932. The molecule has 0 fully saturated rings. The molecule has 0 saturated heterocycles. The molecular formula is C20H25ClN2O4S. The van der Waals surface area contributed by atoms with E-state index in [1.54, 1.807) is 19.1 Å². The molecule has 152 valence electrons. The molecule has 1 amide bonds. The zero-order valence-electron chi connectivity index (χ0n) is 16.1. The van der Waals surface area contributed by atoms with Crippen LogP contribution in [0.3, 0.4) is 0 Å². The fraction of sp³-hybridized carbons (Fsp3) is 0.350. The van der Waals surface area contributed by atoms with Crippen LogP contribution in [0.5, 0.6) is 5.75 Å². The lowest BCUT2D eigenvalue weighted by atomic mass is 10.1. The minimum absolute atomic E-state index is 0.146. The van der Waals surface area contributed by atoms with E-state index in [0.29, 0.717) is 17.2 Å². The number of rotatable bonds is 9. The van der Waals surface area contributed by atoms with E-state index in [9.17, 15) is 13.2 Å². The summed E-state index contributed by atoms with van der Waals surface area (Å²) in [6, 6.07) is 12.9. The minimum Gasteiger partial charge on any atom is -0.484 e. The topological polar surface area (TPSA) is 84.5 Å². The normalized spacial score (nSPS) is 13.6. The third-order valence-corrected chi connectivity index (χ3v) is 6.08. The molecule has 0 aromatic heterocycles. The quantitative estimate of drug-likeness (QED) is 0.643. The predicted molar refractivity (Wildman–Crippen MR) is 110 cm³/mol. The molecule has 2 N–H and O–H groups in total. The number of hydrogen-bond acceptors (Lipinski definition) is 4. The van der Waals surface area contributed by atoms with Crippen LogP contribution in [0.15, 0.2) is 53.4 Å². The summed E-state index contributed by atoms with van der Waals surface area (Å²) >= 11 is 5.86. The molecule has 2 rings (SSSR count). The zero-order chi connectivity index (χ0) is 20.7. The molecule has 28 heavy (non-hydrogen) atoms. The van der Waals surface area contributed by atoms with Crippen molar-refractivity contribution in [2.45, 2.75) is 44.2 Å². The van der Waals surface area contributed by atoms with E-state index in [1.165, 1.54) is 24.3 Å². The lowest BCUT2D eigenvalue weighted by molar-refractivity contribution is -0.123. The van der Waals surface area contributed by atoms with Gasteiger partial charge in [-0.3, -0.25) is 4.79 Å². The van der Waals surface area contributed by atoms with Gasteiger partial charge >= 0.3 is 0 Å². The summed E-state index contributed by atoms with van der Waals surface area (Å²) in [5, 5.41) is 3.47. The maximum Gasteiger partial charge on any atom is 0.258 e. The Labute approximate surface area is 171 Å². The molecule has 0 aliphatic heterocycles. The van der Waals surface area contributed by atoms with Crippen molar-refractivity contribution >= 4 is 27.5 Å². The number of sulfonamides is 1. The van der Waals surface area contributed by atoms with Crippen LogP contribution < -0.4 is 14.8 Å². The van der Waals surface area contributed by atoms with Crippen LogP contribution in [0, 0.1) is 0 Å². The van der Waals surface area contributed by atoms with E-state index < -0.39 is 10.0 Å². The summed E-state index contributed by atoms with van der Waals surface area (Å²) in [6.07, 6.45) is 0.698. The van der Waals surface area contributed by atoms with E-state index in [4.69, 9.17) is 16.3 Å². The molecule has 0 heterocycles. The van der Waals surface area contributed by atoms with Gasteiger partial charge in [-0.25, -0.2) is 13.1 Å². The Bertz CT molecular complexity index is 883.